The molecule has 5 nitrogen and oxygen atoms in total. The first-order valence-electron chi connectivity index (χ1n) is 6.54. The monoisotopic (exact) mass is 275 g/mol. The van der Waals surface area contributed by atoms with Gasteiger partial charge >= 0.3 is 0 Å². The minimum atomic E-state index is 0.298. The van der Waals surface area contributed by atoms with E-state index in [4.69, 9.17) is 15.2 Å². The summed E-state index contributed by atoms with van der Waals surface area (Å²) in [7, 11) is 5.10. The number of benzene rings is 1. The molecule has 108 valence electrons. The van der Waals surface area contributed by atoms with Crippen molar-refractivity contribution in [2.75, 3.05) is 20.0 Å². The Morgan fingerprint density at radius 1 is 1.15 bits per heavy atom. The summed E-state index contributed by atoms with van der Waals surface area (Å²) < 4.78 is 12.3. The largest absolute Gasteiger partial charge is 0.493 e. The second kappa shape index (κ2) is 5.45. The Kier molecular flexibility index (Phi) is 3.88. The molecule has 0 amide bonds. The third-order valence-corrected chi connectivity index (χ3v) is 3.36. The van der Waals surface area contributed by atoms with E-state index in [2.05, 4.69) is 18.9 Å². The molecule has 0 spiro atoms. The van der Waals surface area contributed by atoms with Gasteiger partial charge in [0.05, 0.1) is 19.9 Å². The highest BCUT2D eigenvalue weighted by molar-refractivity contribution is 5.71. The molecule has 1 heterocycles. The summed E-state index contributed by atoms with van der Waals surface area (Å²) in [5.41, 5.74) is 9.03. The second-order valence-corrected chi connectivity index (χ2v) is 5.00. The summed E-state index contributed by atoms with van der Waals surface area (Å²) >= 11 is 0. The zero-order chi connectivity index (χ0) is 14.9. The summed E-state index contributed by atoms with van der Waals surface area (Å²) in [4.78, 5) is 0. The van der Waals surface area contributed by atoms with Crippen molar-refractivity contribution < 1.29 is 9.47 Å². The lowest BCUT2D eigenvalue weighted by atomic mass is 9.98. The number of hydrogen-bond acceptors (Lipinski definition) is 4. The van der Waals surface area contributed by atoms with Crippen LogP contribution in [-0.4, -0.2) is 24.0 Å². The molecule has 2 N–H and O–H groups in total. The van der Waals surface area contributed by atoms with E-state index < -0.39 is 0 Å². The standard InChI is InChI=1S/C15H21N3O2/c1-9(2)13-14(17-18(3)15(13)16)10-6-7-11(19-4)12(8-10)20-5/h6-9H,16H2,1-5H3. The van der Waals surface area contributed by atoms with E-state index in [0.717, 1.165) is 16.8 Å². The van der Waals surface area contributed by atoms with Gasteiger partial charge in [-0.3, -0.25) is 4.68 Å². The zero-order valence-corrected chi connectivity index (χ0v) is 12.6. The normalized spacial score (nSPS) is 10.9. The second-order valence-electron chi connectivity index (χ2n) is 5.00. The zero-order valence-electron chi connectivity index (χ0n) is 12.6. The Labute approximate surface area is 119 Å². The number of anilines is 1. The van der Waals surface area contributed by atoms with Crippen LogP contribution in [0.2, 0.25) is 0 Å². The summed E-state index contributed by atoms with van der Waals surface area (Å²) in [6.45, 7) is 4.22. The van der Waals surface area contributed by atoms with Gasteiger partial charge in [0.25, 0.3) is 0 Å². The van der Waals surface area contributed by atoms with Crippen molar-refractivity contribution in [3.05, 3.63) is 23.8 Å². The number of hydrogen-bond donors (Lipinski definition) is 1. The van der Waals surface area contributed by atoms with E-state index in [-0.39, 0.29) is 0 Å². The first kappa shape index (κ1) is 14.2. The van der Waals surface area contributed by atoms with Gasteiger partial charge in [-0.25, -0.2) is 0 Å². The van der Waals surface area contributed by atoms with Gasteiger partial charge in [-0.15, -0.1) is 0 Å². The van der Waals surface area contributed by atoms with Gasteiger partial charge in [0.15, 0.2) is 11.5 Å². The van der Waals surface area contributed by atoms with Gasteiger partial charge in [-0.05, 0) is 24.1 Å². The van der Waals surface area contributed by atoms with Crippen LogP contribution in [0.1, 0.15) is 25.3 Å². The molecular formula is C15H21N3O2. The first-order valence-corrected chi connectivity index (χ1v) is 6.54. The minimum absolute atomic E-state index is 0.298. The summed E-state index contributed by atoms with van der Waals surface area (Å²) in [6, 6.07) is 5.77. The Hall–Kier alpha value is -2.17. The van der Waals surface area contributed by atoms with Crippen LogP contribution in [0.25, 0.3) is 11.3 Å². The Morgan fingerprint density at radius 2 is 1.80 bits per heavy atom. The van der Waals surface area contributed by atoms with E-state index in [1.54, 1.807) is 18.9 Å². The Bertz CT molecular complexity index is 618. The molecule has 2 aromatic rings. The molecule has 20 heavy (non-hydrogen) atoms. The first-order chi connectivity index (χ1) is 9.49. The van der Waals surface area contributed by atoms with Gasteiger partial charge in [-0.1, -0.05) is 13.8 Å². The van der Waals surface area contributed by atoms with Crippen molar-refractivity contribution in [2.45, 2.75) is 19.8 Å². The van der Waals surface area contributed by atoms with Crippen LogP contribution in [0.3, 0.4) is 0 Å². The lowest BCUT2D eigenvalue weighted by Gasteiger charge is -2.11. The smallest absolute Gasteiger partial charge is 0.161 e. The number of methoxy groups -OCH3 is 2. The van der Waals surface area contributed by atoms with Gasteiger partial charge in [0, 0.05) is 18.2 Å². The molecule has 0 bridgehead atoms. The topological polar surface area (TPSA) is 62.3 Å². The van der Waals surface area contributed by atoms with E-state index in [1.165, 1.54) is 0 Å². The minimum Gasteiger partial charge on any atom is -0.493 e. The molecule has 1 aromatic heterocycles. The fourth-order valence-corrected chi connectivity index (χ4v) is 2.32. The lowest BCUT2D eigenvalue weighted by Crippen LogP contribution is -2.00. The quantitative estimate of drug-likeness (QED) is 0.932. The van der Waals surface area contributed by atoms with Gasteiger partial charge in [0.2, 0.25) is 0 Å². The maximum Gasteiger partial charge on any atom is 0.161 e. The molecule has 0 aliphatic carbocycles. The molecule has 0 unspecified atom stereocenters. The number of aromatic nitrogens is 2. The van der Waals surface area contributed by atoms with E-state index in [1.807, 2.05) is 25.2 Å². The molecule has 0 radical (unpaired) electrons. The molecule has 2 rings (SSSR count). The molecule has 0 saturated heterocycles. The van der Waals surface area contributed by atoms with Crippen LogP contribution in [-0.2, 0) is 7.05 Å². The van der Waals surface area contributed by atoms with Gasteiger partial charge < -0.3 is 15.2 Å². The molecule has 0 fully saturated rings. The van der Waals surface area contributed by atoms with Crippen molar-refractivity contribution >= 4 is 5.82 Å². The van der Waals surface area contributed by atoms with Crippen molar-refractivity contribution in [3.63, 3.8) is 0 Å². The number of nitrogens with zero attached hydrogens (tertiary/aromatic N) is 2. The number of aryl methyl sites for hydroxylation is 1. The van der Waals surface area contributed by atoms with Crippen molar-refractivity contribution in [1.29, 1.82) is 0 Å². The summed E-state index contributed by atoms with van der Waals surface area (Å²) in [6.07, 6.45) is 0. The molecule has 1 aromatic carbocycles. The van der Waals surface area contributed by atoms with E-state index in [9.17, 15) is 0 Å². The number of nitrogen functional groups attached to an aromatic ring is 1. The van der Waals surface area contributed by atoms with Crippen LogP contribution in [0.15, 0.2) is 18.2 Å². The highest BCUT2D eigenvalue weighted by Crippen LogP contribution is 2.37. The number of ether oxygens (including phenoxy) is 2. The van der Waals surface area contributed by atoms with E-state index >= 15 is 0 Å². The summed E-state index contributed by atoms with van der Waals surface area (Å²) in [5, 5.41) is 4.53. The van der Waals surface area contributed by atoms with Gasteiger partial charge in [0.1, 0.15) is 5.82 Å². The average Bonchev–Trinajstić information content (AvgIpc) is 2.74. The Balaban J connectivity index is 2.60. The molecule has 0 saturated carbocycles. The molecule has 0 aliphatic heterocycles. The van der Waals surface area contributed by atoms with Crippen LogP contribution < -0.4 is 15.2 Å². The summed E-state index contributed by atoms with van der Waals surface area (Å²) in [5.74, 6) is 2.38. The number of rotatable bonds is 4. The molecule has 0 atom stereocenters. The van der Waals surface area contributed by atoms with Crippen molar-refractivity contribution in [1.82, 2.24) is 9.78 Å². The predicted octanol–water partition coefficient (Wildman–Crippen LogP) is 2.81. The predicted molar refractivity (Wildman–Crippen MR) is 80.2 cm³/mol. The fraction of sp³-hybridized carbons (Fsp3) is 0.400. The fourth-order valence-electron chi connectivity index (χ4n) is 2.32. The van der Waals surface area contributed by atoms with Gasteiger partial charge in [-0.2, -0.15) is 5.10 Å². The van der Waals surface area contributed by atoms with Crippen LogP contribution in [0, 0.1) is 0 Å². The average molecular weight is 275 g/mol. The van der Waals surface area contributed by atoms with Crippen LogP contribution in [0.4, 0.5) is 5.82 Å². The molecule has 0 aliphatic rings. The van der Waals surface area contributed by atoms with Crippen LogP contribution in [0.5, 0.6) is 11.5 Å². The number of nitrogens with two attached hydrogens (primary N) is 1. The van der Waals surface area contributed by atoms with Crippen molar-refractivity contribution in [2.24, 2.45) is 7.05 Å². The van der Waals surface area contributed by atoms with Crippen LogP contribution >= 0.6 is 0 Å². The highest BCUT2D eigenvalue weighted by Gasteiger charge is 2.19. The highest BCUT2D eigenvalue weighted by atomic mass is 16.5. The third-order valence-electron chi connectivity index (χ3n) is 3.36. The maximum absolute atomic E-state index is 6.11. The lowest BCUT2D eigenvalue weighted by molar-refractivity contribution is 0.355. The maximum atomic E-state index is 6.11. The van der Waals surface area contributed by atoms with E-state index in [0.29, 0.717) is 23.2 Å². The van der Waals surface area contributed by atoms with Crippen molar-refractivity contribution in [3.8, 4) is 22.8 Å². The third kappa shape index (κ3) is 2.31. The molecule has 5 heteroatoms. The molecular weight excluding hydrogens is 254 g/mol. The Morgan fingerprint density at radius 3 is 2.35 bits per heavy atom. The SMILES string of the molecule is COc1ccc(-c2nn(C)c(N)c2C(C)C)cc1OC.